The van der Waals surface area contributed by atoms with Gasteiger partial charge in [0.25, 0.3) is 0 Å². The summed E-state index contributed by atoms with van der Waals surface area (Å²) in [6, 6.07) is -0.332. The smallest absolute Gasteiger partial charge is 0.228 e. The van der Waals surface area contributed by atoms with Crippen molar-refractivity contribution in [2.75, 3.05) is 17.9 Å². The number of nitrogens with zero attached hydrogens (tertiary/aromatic N) is 1. The molecule has 2 unspecified atom stereocenters. The zero-order valence-electron chi connectivity index (χ0n) is 10.9. The molecule has 0 radical (unpaired) electrons. The summed E-state index contributed by atoms with van der Waals surface area (Å²) in [4.78, 5) is 11.8. The molecule has 0 amide bonds. The van der Waals surface area contributed by atoms with E-state index in [1.165, 1.54) is 4.31 Å². The summed E-state index contributed by atoms with van der Waals surface area (Å²) in [5.41, 5.74) is 0. The van der Waals surface area contributed by atoms with Gasteiger partial charge in [0.05, 0.1) is 0 Å². The SMILES string of the molecule is CS(=O)(=O)CS(=O)(=O)N1CCCC1C1CCCC1=O. The van der Waals surface area contributed by atoms with Crippen LogP contribution < -0.4 is 0 Å². The van der Waals surface area contributed by atoms with Gasteiger partial charge >= 0.3 is 0 Å². The third kappa shape index (κ3) is 3.35. The van der Waals surface area contributed by atoms with Crippen LogP contribution in [0.4, 0.5) is 0 Å². The van der Waals surface area contributed by atoms with E-state index >= 15 is 0 Å². The fraction of sp³-hybridized carbons (Fsp3) is 0.909. The van der Waals surface area contributed by atoms with E-state index < -0.39 is 24.9 Å². The average Bonchev–Trinajstić information content (AvgIpc) is 2.80. The fourth-order valence-electron chi connectivity index (χ4n) is 3.10. The van der Waals surface area contributed by atoms with Gasteiger partial charge in [-0.25, -0.2) is 16.8 Å². The summed E-state index contributed by atoms with van der Waals surface area (Å²) in [5, 5.41) is -0.864. The Balaban J connectivity index is 2.21. The van der Waals surface area contributed by atoms with Crippen molar-refractivity contribution in [2.24, 2.45) is 5.92 Å². The van der Waals surface area contributed by atoms with E-state index in [1.54, 1.807) is 0 Å². The molecule has 19 heavy (non-hydrogen) atoms. The number of sulfonamides is 1. The summed E-state index contributed by atoms with van der Waals surface area (Å²) >= 11 is 0. The van der Waals surface area contributed by atoms with E-state index in [1.807, 2.05) is 0 Å². The lowest BCUT2D eigenvalue weighted by atomic mass is 9.96. The van der Waals surface area contributed by atoms with Gasteiger partial charge in [-0.05, 0) is 25.7 Å². The molecule has 6 nitrogen and oxygen atoms in total. The normalized spacial score (nSPS) is 30.1. The molecule has 0 aromatic rings. The van der Waals surface area contributed by atoms with Crippen LogP contribution in [-0.4, -0.2) is 50.9 Å². The molecule has 8 heteroatoms. The largest absolute Gasteiger partial charge is 0.299 e. The second kappa shape index (κ2) is 5.14. The molecule has 0 aromatic carbocycles. The fourth-order valence-corrected chi connectivity index (χ4v) is 6.88. The van der Waals surface area contributed by atoms with Crippen LogP contribution in [0.5, 0.6) is 0 Å². The van der Waals surface area contributed by atoms with E-state index in [4.69, 9.17) is 0 Å². The van der Waals surface area contributed by atoms with Crippen molar-refractivity contribution in [2.45, 2.75) is 38.1 Å². The highest BCUT2D eigenvalue weighted by molar-refractivity contribution is 8.06. The number of Topliss-reactive ketones (excluding diaryl/α,β-unsaturated/α-hetero) is 1. The van der Waals surface area contributed by atoms with Crippen LogP contribution >= 0.6 is 0 Å². The Labute approximate surface area is 114 Å². The first-order valence-corrected chi connectivity index (χ1v) is 10.1. The summed E-state index contributed by atoms with van der Waals surface area (Å²) < 4.78 is 48.0. The number of ketones is 1. The van der Waals surface area contributed by atoms with Crippen molar-refractivity contribution in [3.8, 4) is 0 Å². The number of carbonyl (C=O) groups is 1. The predicted molar refractivity (Wildman–Crippen MR) is 70.7 cm³/mol. The molecule has 1 heterocycles. The van der Waals surface area contributed by atoms with Gasteiger partial charge in [-0.15, -0.1) is 0 Å². The topological polar surface area (TPSA) is 88.6 Å². The van der Waals surface area contributed by atoms with Gasteiger partial charge in [-0.1, -0.05) is 0 Å². The first-order valence-electron chi connectivity index (χ1n) is 6.41. The summed E-state index contributed by atoms with van der Waals surface area (Å²) in [6.07, 6.45) is 4.29. The molecule has 0 bridgehead atoms. The van der Waals surface area contributed by atoms with Crippen molar-refractivity contribution in [3.05, 3.63) is 0 Å². The van der Waals surface area contributed by atoms with Gasteiger partial charge in [0.1, 0.15) is 5.78 Å². The lowest BCUT2D eigenvalue weighted by Gasteiger charge is -2.27. The number of hydrogen-bond acceptors (Lipinski definition) is 5. The molecule has 0 N–H and O–H groups in total. The summed E-state index contributed by atoms with van der Waals surface area (Å²) in [6.45, 7) is 0.326. The van der Waals surface area contributed by atoms with Crippen molar-refractivity contribution in [1.29, 1.82) is 0 Å². The highest BCUT2D eigenvalue weighted by Gasteiger charge is 2.43. The number of hydrogen-bond donors (Lipinski definition) is 0. The Hall–Kier alpha value is -0.470. The Morgan fingerprint density at radius 1 is 1.16 bits per heavy atom. The van der Waals surface area contributed by atoms with Crippen LogP contribution in [0.3, 0.4) is 0 Å². The maximum absolute atomic E-state index is 12.2. The van der Waals surface area contributed by atoms with Gasteiger partial charge < -0.3 is 0 Å². The molecular formula is C11H19NO5S2. The first kappa shape index (κ1) is 14.9. The minimum Gasteiger partial charge on any atom is -0.299 e. The molecule has 1 saturated heterocycles. The number of rotatable bonds is 4. The molecule has 2 rings (SSSR count). The molecule has 2 fully saturated rings. The van der Waals surface area contributed by atoms with Crippen molar-refractivity contribution in [3.63, 3.8) is 0 Å². The van der Waals surface area contributed by atoms with E-state index in [0.29, 0.717) is 32.2 Å². The number of sulfone groups is 1. The van der Waals surface area contributed by atoms with Crippen molar-refractivity contribution in [1.82, 2.24) is 4.31 Å². The van der Waals surface area contributed by atoms with Gasteiger partial charge in [-0.3, -0.25) is 4.79 Å². The van der Waals surface area contributed by atoms with Crippen LogP contribution in [0.2, 0.25) is 0 Å². The van der Waals surface area contributed by atoms with E-state index in [9.17, 15) is 21.6 Å². The Morgan fingerprint density at radius 2 is 1.84 bits per heavy atom. The van der Waals surface area contributed by atoms with Crippen molar-refractivity contribution < 1.29 is 21.6 Å². The van der Waals surface area contributed by atoms with Crippen LogP contribution in [0, 0.1) is 5.92 Å². The van der Waals surface area contributed by atoms with E-state index in [0.717, 1.165) is 12.7 Å². The van der Waals surface area contributed by atoms with Crippen LogP contribution in [0.15, 0.2) is 0 Å². The van der Waals surface area contributed by atoms with Gasteiger partial charge in [0, 0.05) is 31.2 Å². The predicted octanol–water partition coefficient (Wildman–Crippen LogP) is 0.152. The maximum Gasteiger partial charge on any atom is 0.228 e. The van der Waals surface area contributed by atoms with Crippen LogP contribution in [0.1, 0.15) is 32.1 Å². The first-order chi connectivity index (χ1) is 8.71. The van der Waals surface area contributed by atoms with Gasteiger partial charge in [0.2, 0.25) is 10.0 Å². The maximum atomic E-state index is 12.2. The summed E-state index contributed by atoms with van der Waals surface area (Å²) in [5.74, 6) is -0.122. The molecule has 1 aliphatic heterocycles. The third-order valence-electron chi connectivity index (χ3n) is 3.78. The average molecular weight is 309 g/mol. The van der Waals surface area contributed by atoms with Crippen LogP contribution in [0.25, 0.3) is 0 Å². The zero-order chi connectivity index (χ0) is 14.3. The zero-order valence-corrected chi connectivity index (χ0v) is 12.5. The molecule has 1 aliphatic carbocycles. The van der Waals surface area contributed by atoms with E-state index in [-0.39, 0.29) is 17.7 Å². The lowest BCUT2D eigenvalue weighted by molar-refractivity contribution is -0.121. The molecule has 0 spiro atoms. The Morgan fingerprint density at radius 3 is 2.37 bits per heavy atom. The molecular weight excluding hydrogens is 290 g/mol. The minimum atomic E-state index is -3.83. The van der Waals surface area contributed by atoms with E-state index in [2.05, 4.69) is 0 Å². The van der Waals surface area contributed by atoms with Crippen LogP contribution in [-0.2, 0) is 24.7 Å². The highest BCUT2D eigenvalue weighted by atomic mass is 32.3. The molecule has 0 aromatic heterocycles. The monoisotopic (exact) mass is 309 g/mol. The second-order valence-corrected chi connectivity index (χ2v) is 9.87. The second-order valence-electron chi connectivity index (χ2n) is 5.44. The Kier molecular flexibility index (Phi) is 4.04. The standard InChI is InChI=1S/C11H19NO5S2/c1-18(14,15)8-19(16,17)12-7-3-5-10(12)9-4-2-6-11(9)13/h9-10H,2-8H2,1H3. The molecule has 1 saturated carbocycles. The molecule has 110 valence electrons. The van der Waals surface area contributed by atoms with Gasteiger partial charge in [0.15, 0.2) is 14.9 Å². The number of carbonyl (C=O) groups excluding carboxylic acids is 1. The van der Waals surface area contributed by atoms with Crippen molar-refractivity contribution >= 4 is 25.6 Å². The molecule has 2 aliphatic rings. The third-order valence-corrected chi connectivity index (χ3v) is 7.86. The lowest BCUT2D eigenvalue weighted by Crippen LogP contribution is -2.43. The summed E-state index contributed by atoms with van der Waals surface area (Å²) in [7, 11) is -7.43. The molecule has 2 atom stereocenters. The minimum absolute atomic E-state index is 0.117. The Bertz CT molecular complexity index is 566. The highest BCUT2D eigenvalue weighted by Crippen LogP contribution is 2.34. The van der Waals surface area contributed by atoms with Gasteiger partial charge in [-0.2, -0.15) is 4.31 Å². The quantitative estimate of drug-likeness (QED) is 0.737.